The van der Waals surface area contributed by atoms with E-state index < -0.39 is 0 Å². The second-order valence-corrected chi connectivity index (χ2v) is 14.7. The lowest BCUT2D eigenvalue weighted by Gasteiger charge is -2.34. The Kier molecular flexibility index (Phi) is 7.65. The van der Waals surface area contributed by atoms with Gasteiger partial charge in [-0.15, -0.1) is 0 Å². The van der Waals surface area contributed by atoms with Gasteiger partial charge in [0.25, 0.3) is 0 Å². The summed E-state index contributed by atoms with van der Waals surface area (Å²) in [6.45, 7) is 4.80. The number of hydrogen-bond donors (Lipinski definition) is 0. The predicted molar refractivity (Wildman–Crippen MR) is 213 cm³/mol. The molecule has 9 rings (SSSR count). The Labute approximate surface area is 296 Å². The molecular formula is C49H43N. The van der Waals surface area contributed by atoms with Crippen molar-refractivity contribution in [2.75, 3.05) is 4.90 Å². The van der Waals surface area contributed by atoms with Crippen molar-refractivity contribution in [3.8, 4) is 33.4 Å². The van der Waals surface area contributed by atoms with Crippen LogP contribution in [0.2, 0.25) is 0 Å². The number of anilines is 3. The molecule has 50 heavy (non-hydrogen) atoms. The monoisotopic (exact) mass is 645 g/mol. The van der Waals surface area contributed by atoms with Crippen LogP contribution in [0.3, 0.4) is 0 Å². The van der Waals surface area contributed by atoms with E-state index in [0.717, 1.165) is 0 Å². The van der Waals surface area contributed by atoms with Gasteiger partial charge in [0.2, 0.25) is 0 Å². The summed E-state index contributed by atoms with van der Waals surface area (Å²) < 4.78 is 0. The summed E-state index contributed by atoms with van der Waals surface area (Å²) >= 11 is 0. The summed E-state index contributed by atoms with van der Waals surface area (Å²) in [7, 11) is 0. The fraction of sp³-hybridized carbons (Fsp3) is 0.184. The van der Waals surface area contributed by atoms with Crippen LogP contribution in [0.25, 0.3) is 44.2 Å². The molecule has 0 unspecified atom stereocenters. The molecule has 0 atom stereocenters. The third kappa shape index (κ3) is 5.07. The largest absolute Gasteiger partial charge is 0.309 e. The predicted octanol–water partition coefficient (Wildman–Crippen LogP) is 14.0. The lowest BCUT2D eigenvalue weighted by atomic mass is 9.81. The van der Waals surface area contributed by atoms with E-state index in [-0.39, 0.29) is 5.41 Å². The van der Waals surface area contributed by atoms with Crippen molar-refractivity contribution in [3.05, 3.63) is 174 Å². The Hall–Kier alpha value is -5.40. The molecule has 0 bridgehead atoms. The molecule has 0 aromatic heterocycles. The molecular weight excluding hydrogens is 603 g/mol. The van der Waals surface area contributed by atoms with E-state index in [2.05, 4.69) is 176 Å². The number of hydrogen-bond acceptors (Lipinski definition) is 1. The highest BCUT2D eigenvalue weighted by Crippen LogP contribution is 2.57. The van der Waals surface area contributed by atoms with E-state index >= 15 is 0 Å². The Morgan fingerprint density at radius 2 is 1.12 bits per heavy atom. The zero-order valence-electron chi connectivity index (χ0n) is 29.1. The molecule has 244 valence electrons. The van der Waals surface area contributed by atoms with Gasteiger partial charge in [-0.05, 0) is 92.9 Å². The smallest absolute Gasteiger partial charge is 0.0621 e. The van der Waals surface area contributed by atoms with Crippen molar-refractivity contribution >= 4 is 27.8 Å². The molecule has 1 heteroatoms. The lowest BCUT2D eigenvalue weighted by molar-refractivity contribution is 0.444. The fourth-order valence-corrected chi connectivity index (χ4v) is 8.95. The summed E-state index contributed by atoms with van der Waals surface area (Å²) in [6, 6.07) is 58.8. The molecule has 2 aliphatic carbocycles. The SMILES string of the molecule is CC1(C)c2ccccc2-c2c1cc1ccccc1c2N(c1ccc(-c2ccccc2-c2ccccc2)cc1)c1ccccc1C1CCCCC1. The maximum atomic E-state index is 2.62. The topological polar surface area (TPSA) is 3.24 Å². The molecule has 0 N–H and O–H groups in total. The number of rotatable bonds is 6. The van der Waals surface area contributed by atoms with Crippen LogP contribution in [0.4, 0.5) is 17.1 Å². The van der Waals surface area contributed by atoms with Gasteiger partial charge in [0.15, 0.2) is 0 Å². The van der Waals surface area contributed by atoms with E-state index in [4.69, 9.17) is 0 Å². The number of para-hydroxylation sites is 1. The summed E-state index contributed by atoms with van der Waals surface area (Å²) in [5, 5.41) is 2.58. The van der Waals surface area contributed by atoms with Gasteiger partial charge in [-0.2, -0.15) is 0 Å². The van der Waals surface area contributed by atoms with E-state index in [1.807, 2.05) is 0 Å². The zero-order valence-corrected chi connectivity index (χ0v) is 29.1. The van der Waals surface area contributed by atoms with Gasteiger partial charge < -0.3 is 4.90 Å². The molecule has 1 fully saturated rings. The highest BCUT2D eigenvalue weighted by Gasteiger charge is 2.39. The maximum absolute atomic E-state index is 2.62. The van der Waals surface area contributed by atoms with Gasteiger partial charge in [0.05, 0.1) is 5.69 Å². The standard InChI is InChI=1S/C49H43N/c1-49(2)44-27-15-13-26-43(44)47-45(49)33-37-21-9-10-25-42(37)48(47)50(46-28-16-14-24-41(46)35-19-7-4-8-20-35)38-31-29-36(30-32-38)40-23-12-11-22-39(40)34-17-5-3-6-18-34/h3,5-6,9-18,21-33,35H,4,7-8,19-20H2,1-2H3. The average Bonchev–Trinajstić information content (AvgIpc) is 3.41. The van der Waals surface area contributed by atoms with Crippen molar-refractivity contribution in [2.24, 2.45) is 0 Å². The van der Waals surface area contributed by atoms with Crippen LogP contribution in [-0.4, -0.2) is 0 Å². The summed E-state index contributed by atoms with van der Waals surface area (Å²) in [6.07, 6.45) is 6.46. The summed E-state index contributed by atoms with van der Waals surface area (Å²) in [5.74, 6) is 0.561. The van der Waals surface area contributed by atoms with Gasteiger partial charge in [-0.1, -0.05) is 167 Å². The molecule has 7 aromatic carbocycles. The third-order valence-corrected chi connectivity index (χ3v) is 11.5. The van der Waals surface area contributed by atoms with Crippen molar-refractivity contribution < 1.29 is 0 Å². The van der Waals surface area contributed by atoms with Crippen LogP contribution in [0.5, 0.6) is 0 Å². The van der Waals surface area contributed by atoms with Crippen LogP contribution in [-0.2, 0) is 5.41 Å². The van der Waals surface area contributed by atoms with Crippen LogP contribution in [0.1, 0.15) is 68.6 Å². The zero-order chi connectivity index (χ0) is 33.7. The molecule has 0 saturated heterocycles. The normalized spacial score (nSPS) is 15.1. The van der Waals surface area contributed by atoms with Gasteiger partial charge in [0, 0.05) is 27.7 Å². The fourth-order valence-electron chi connectivity index (χ4n) is 8.95. The highest BCUT2D eigenvalue weighted by atomic mass is 15.2. The minimum atomic E-state index is -0.107. The Morgan fingerprint density at radius 3 is 1.88 bits per heavy atom. The van der Waals surface area contributed by atoms with Gasteiger partial charge in [0.1, 0.15) is 0 Å². The van der Waals surface area contributed by atoms with Crippen LogP contribution in [0.15, 0.2) is 158 Å². The van der Waals surface area contributed by atoms with Crippen LogP contribution >= 0.6 is 0 Å². The van der Waals surface area contributed by atoms with E-state index in [0.29, 0.717) is 5.92 Å². The molecule has 2 aliphatic rings. The molecule has 1 nitrogen and oxygen atoms in total. The second kappa shape index (κ2) is 12.5. The quantitative estimate of drug-likeness (QED) is 0.174. The lowest BCUT2D eigenvalue weighted by Crippen LogP contribution is -2.18. The molecule has 0 heterocycles. The van der Waals surface area contributed by atoms with Crippen LogP contribution in [0, 0.1) is 0 Å². The Bertz CT molecular complexity index is 2320. The third-order valence-electron chi connectivity index (χ3n) is 11.5. The molecule has 7 aromatic rings. The Morgan fingerprint density at radius 1 is 0.520 bits per heavy atom. The molecule has 0 aliphatic heterocycles. The first kappa shape index (κ1) is 30.6. The van der Waals surface area contributed by atoms with Gasteiger partial charge in [-0.3, -0.25) is 0 Å². The van der Waals surface area contributed by atoms with Crippen molar-refractivity contribution in [2.45, 2.75) is 57.3 Å². The van der Waals surface area contributed by atoms with Crippen molar-refractivity contribution in [3.63, 3.8) is 0 Å². The summed E-state index contributed by atoms with van der Waals surface area (Å²) in [5.41, 5.74) is 15.6. The van der Waals surface area contributed by atoms with Crippen molar-refractivity contribution in [1.29, 1.82) is 0 Å². The number of benzene rings is 7. The van der Waals surface area contributed by atoms with Gasteiger partial charge >= 0.3 is 0 Å². The highest BCUT2D eigenvalue weighted by molar-refractivity contribution is 6.10. The maximum Gasteiger partial charge on any atom is 0.0621 e. The van der Waals surface area contributed by atoms with E-state index in [1.54, 1.807) is 0 Å². The first-order valence-corrected chi connectivity index (χ1v) is 18.4. The molecule has 0 radical (unpaired) electrons. The molecule has 0 amide bonds. The van der Waals surface area contributed by atoms with E-state index in [9.17, 15) is 0 Å². The minimum absolute atomic E-state index is 0.107. The second-order valence-electron chi connectivity index (χ2n) is 14.7. The molecule has 1 saturated carbocycles. The van der Waals surface area contributed by atoms with Crippen molar-refractivity contribution in [1.82, 2.24) is 0 Å². The minimum Gasteiger partial charge on any atom is -0.309 e. The summed E-state index contributed by atoms with van der Waals surface area (Å²) in [4.78, 5) is 2.62. The first-order chi connectivity index (χ1) is 24.6. The van der Waals surface area contributed by atoms with Gasteiger partial charge in [-0.25, -0.2) is 0 Å². The number of fused-ring (bicyclic) bond motifs is 4. The van der Waals surface area contributed by atoms with Crippen LogP contribution < -0.4 is 4.90 Å². The Balaban J connectivity index is 1.30. The van der Waals surface area contributed by atoms with E-state index in [1.165, 1.54) is 110 Å². The molecule has 0 spiro atoms. The first-order valence-electron chi connectivity index (χ1n) is 18.4. The average molecular weight is 646 g/mol. The number of nitrogens with zero attached hydrogens (tertiary/aromatic N) is 1.